The maximum Gasteiger partial charge on any atom is 0.390 e. The number of halogens is 3. The first-order valence-electron chi connectivity index (χ1n) is 3.89. The molecule has 12 heavy (non-hydrogen) atoms. The number of hydrogen-bond donors (Lipinski definition) is 1. The Balaban J connectivity index is 3.58. The predicted molar refractivity (Wildman–Crippen MR) is 39.9 cm³/mol. The lowest BCUT2D eigenvalue weighted by molar-refractivity contribution is -0.138. The fourth-order valence-electron chi connectivity index (χ4n) is 0.854. The highest BCUT2D eigenvalue weighted by molar-refractivity contribution is 4.58. The topological polar surface area (TPSA) is 23.5 Å². The van der Waals surface area contributed by atoms with Crippen LogP contribution in [0.5, 0.6) is 0 Å². The molecule has 0 aromatic rings. The normalized spacial score (nSPS) is 12.5. The minimum absolute atomic E-state index is 0.0272. The summed E-state index contributed by atoms with van der Waals surface area (Å²) in [6.45, 7) is 2.50. The third-order valence-electron chi connectivity index (χ3n) is 1.57. The van der Waals surface area contributed by atoms with E-state index >= 15 is 0 Å². The standard InChI is InChI=1S/C7H14F3NO/c1-2-11(5-6-12)4-3-7(8,9)10/h12H,2-6H2,1H3. The van der Waals surface area contributed by atoms with Gasteiger partial charge in [0.15, 0.2) is 0 Å². The molecule has 0 aliphatic heterocycles. The first kappa shape index (κ1) is 11.7. The molecule has 0 saturated carbocycles. The second kappa shape index (κ2) is 5.37. The van der Waals surface area contributed by atoms with Gasteiger partial charge in [0.05, 0.1) is 13.0 Å². The molecule has 5 heteroatoms. The van der Waals surface area contributed by atoms with E-state index in [9.17, 15) is 13.2 Å². The molecule has 0 aliphatic carbocycles. The highest BCUT2D eigenvalue weighted by atomic mass is 19.4. The van der Waals surface area contributed by atoms with Gasteiger partial charge in [0.2, 0.25) is 0 Å². The molecule has 0 aromatic carbocycles. The van der Waals surface area contributed by atoms with E-state index in [2.05, 4.69) is 0 Å². The van der Waals surface area contributed by atoms with Crippen molar-refractivity contribution < 1.29 is 18.3 Å². The largest absolute Gasteiger partial charge is 0.395 e. The number of aliphatic hydroxyl groups is 1. The third-order valence-corrected chi connectivity index (χ3v) is 1.57. The monoisotopic (exact) mass is 185 g/mol. The Morgan fingerprint density at radius 3 is 2.17 bits per heavy atom. The maximum absolute atomic E-state index is 11.7. The zero-order chi connectivity index (χ0) is 9.61. The fraction of sp³-hybridized carbons (Fsp3) is 1.00. The molecule has 2 nitrogen and oxygen atoms in total. The van der Waals surface area contributed by atoms with Crippen LogP contribution >= 0.6 is 0 Å². The lowest BCUT2D eigenvalue weighted by atomic mass is 10.3. The van der Waals surface area contributed by atoms with E-state index in [-0.39, 0.29) is 13.2 Å². The smallest absolute Gasteiger partial charge is 0.390 e. The summed E-state index contributed by atoms with van der Waals surface area (Å²) in [4.78, 5) is 1.56. The van der Waals surface area contributed by atoms with Crippen LogP contribution < -0.4 is 0 Å². The molecule has 0 aromatic heterocycles. The molecule has 0 heterocycles. The molecular weight excluding hydrogens is 171 g/mol. The van der Waals surface area contributed by atoms with Crippen molar-refractivity contribution in [1.29, 1.82) is 0 Å². The van der Waals surface area contributed by atoms with Crippen molar-refractivity contribution >= 4 is 0 Å². The Bertz CT molecular complexity index is 116. The van der Waals surface area contributed by atoms with Crippen molar-refractivity contribution in [2.24, 2.45) is 0 Å². The van der Waals surface area contributed by atoms with Crippen LogP contribution in [-0.4, -0.2) is 42.4 Å². The summed E-state index contributed by atoms with van der Waals surface area (Å²) in [6, 6.07) is 0. The van der Waals surface area contributed by atoms with Gasteiger partial charge in [-0.3, -0.25) is 0 Å². The molecular formula is C7H14F3NO. The van der Waals surface area contributed by atoms with Crippen LogP contribution in [-0.2, 0) is 0 Å². The number of aliphatic hydroxyl groups excluding tert-OH is 1. The molecule has 0 fully saturated rings. The third kappa shape index (κ3) is 6.42. The molecule has 0 bridgehead atoms. The average molecular weight is 185 g/mol. The van der Waals surface area contributed by atoms with E-state index in [0.29, 0.717) is 13.1 Å². The van der Waals surface area contributed by atoms with Crippen LogP contribution in [0.1, 0.15) is 13.3 Å². The van der Waals surface area contributed by atoms with Gasteiger partial charge in [-0.2, -0.15) is 13.2 Å². The summed E-state index contributed by atoms with van der Waals surface area (Å²) < 4.78 is 35.1. The quantitative estimate of drug-likeness (QED) is 0.696. The average Bonchev–Trinajstić information content (AvgIpc) is 1.96. The van der Waals surface area contributed by atoms with Crippen LogP contribution in [0.15, 0.2) is 0 Å². The molecule has 1 N–H and O–H groups in total. The van der Waals surface area contributed by atoms with Gasteiger partial charge in [-0.1, -0.05) is 6.92 Å². The van der Waals surface area contributed by atoms with Crippen LogP contribution in [0.2, 0.25) is 0 Å². The molecule has 74 valence electrons. The molecule has 0 unspecified atom stereocenters. The van der Waals surface area contributed by atoms with Gasteiger partial charge in [0.25, 0.3) is 0 Å². The number of nitrogens with zero attached hydrogens (tertiary/aromatic N) is 1. The van der Waals surface area contributed by atoms with Crippen molar-refractivity contribution in [3.63, 3.8) is 0 Å². The summed E-state index contributed by atoms with van der Waals surface area (Å²) in [6.07, 6.45) is -4.90. The summed E-state index contributed by atoms with van der Waals surface area (Å²) in [5.41, 5.74) is 0. The number of hydrogen-bond acceptors (Lipinski definition) is 2. The van der Waals surface area contributed by atoms with E-state index in [1.165, 1.54) is 0 Å². The van der Waals surface area contributed by atoms with Crippen LogP contribution in [0.4, 0.5) is 13.2 Å². The summed E-state index contributed by atoms with van der Waals surface area (Å²) in [5, 5.41) is 8.47. The Morgan fingerprint density at radius 1 is 1.25 bits per heavy atom. The van der Waals surface area contributed by atoms with E-state index in [0.717, 1.165) is 0 Å². The summed E-state index contributed by atoms with van der Waals surface area (Å²) in [5.74, 6) is 0. The van der Waals surface area contributed by atoms with E-state index in [1.807, 2.05) is 0 Å². The van der Waals surface area contributed by atoms with Crippen LogP contribution in [0.3, 0.4) is 0 Å². The summed E-state index contributed by atoms with van der Waals surface area (Å²) in [7, 11) is 0. The van der Waals surface area contributed by atoms with Gasteiger partial charge in [-0.05, 0) is 6.54 Å². The lowest BCUT2D eigenvalue weighted by Gasteiger charge is -2.19. The fourth-order valence-corrected chi connectivity index (χ4v) is 0.854. The summed E-state index contributed by atoms with van der Waals surface area (Å²) >= 11 is 0. The Hall–Kier alpha value is -0.290. The zero-order valence-corrected chi connectivity index (χ0v) is 7.06. The van der Waals surface area contributed by atoms with Crippen molar-refractivity contribution in [1.82, 2.24) is 4.90 Å². The number of likely N-dealkylation sites (N-methyl/N-ethyl adjacent to an activating group) is 1. The molecule has 0 rings (SSSR count). The van der Waals surface area contributed by atoms with E-state index < -0.39 is 12.6 Å². The van der Waals surface area contributed by atoms with Crippen molar-refractivity contribution in [2.45, 2.75) is 19.5 Å². The van der Waals surface area contributed by atoms with Crippen molar-refractivity contribution in [3.05, 3.63) is 0 Å². The predicted octanol–water partition coefficient (Wildman–Crippen LogP) is 1.25. The van der Waals surface area contributed by atoms with E-state index in [4.69, 9.17) is 5.11 Å². The second-order valence-corrected chi connectivity index (χ2v) is 2.52. The minimum atomic E-state index is -4.09. The highest BCUT2D eigenvalue weighted by Crippen LogP contribution is 2.19. The van der Waals surface area contributed by atoms with Gasteiger partial charge in [0, 0.05) is 13.1 Å². The van der Waals surface area contributed by atoms with Gasteiger partial charge in [0.1, 0.15) is 0 Å². The molecule has 0 atom stereocenters. The van der Waals surface area contributed by atoms with Gasteiger partial charge in [-0.25, -0.2) is 0 Å². The zero-order valence-electron chi connectivity index (χ0n) is 7.06. The minimum Gasteiger partial charge on any atom is -0.395 e. The SMILES string of the molecule is CCN(CCO)CCC(F)(F)F. The second-order valence-electron chi connectivity index (χ2n) is 2.52. The Kier molecular flexibility index (Phi) is 5.24. The highest BCUT2D eigenvalue weighted by Gasteiger charge is 2.27. The number of rotatable bonds is 5. The molecule has 0 aliphatic rings. The maximum atomic E-state index is 11.7. The Morgan fingerprint density at radius 2 is 1.83 bits per heavy atom. The molecule has 0 saturated heterocycles. The van der Waals surface area contributed by atoms with Crippen molar-refractivity contribution in [2.75, 3.05) is 26.2 Å². The lowest BCUT2D eigenvalue weighted by Crippen LogP contribution is -2.30. The Labute approximate surface area is 70.0 Å². The van der Waals surface area contributed by atoms with Gasteiger partial charge in [-0.15, -0.1) is 0 Å². The molecule has 0 radical (unpaired) electrons. The first-order valence-corrected chi connectivity index (χ1v) is 3.89. The van der Waals surface area contributed by atoms with Gasteiger partial charge >= 0.3 is 6.18 Å². The van der Waals surface area contributed by atoms with Crippen molar-refractivity contribution in [3.8, 4) is 0 Å². The van der Waals surface area contributed by atoms with Crippen LogP contribution in [0, 0.1) is 0 Å². The van der Waals surface area contributed by atoms with E-state index in [1.54, 1.807) is 11.8 Å². The van der Waals surface area contributed by atoms with Crippen LogP contribution in [0.25, 0.3) is 0 Å². The molecule has 0 amide bonds. The molecule has 0 spiro atoms. The first-order chi connectivity index (χ1) is 5.49. The van der Waals surface area contributed by atoms with Gasteiger partial charge < -0.3 is 10.0 Å². The number of alkyl halides is 3.